The molecule has 1 aliphatic rings. The lowest BCUT2D eigenvalue weighted by Crippen LogP contribution is -2.35. The average Bonchev–Trinajstić information content (AvgIpc) is 2.67. The fraction of sp³-hybridized carbons (Fsp3) is 0.565. The second kappa shape index (κ2) is 12.1. The van der Waals surface area contributed by atoms with E-state index in [0.29, 0.717) is 5.69 Å². The third kappa shape index (κ3) is 7.64. The van der Waals surface area contributed by atoms with Gasteiger partial charge >= 0.3 is 0 Å². The Labute approximate surface area is 168 Å². The number of phenolic OH excluding ortho intramolecular Hbond substituents is 1. The summed E-state index contributed by atoms with van der Waals surface area (Å²) in [6.07, 6.45) is 14.5. The van der Waals surface area contributed by atoms with E-state index >= 15 is 0 Å². The molecule has 1 amide bonds. The Balaban J connectivity index is 1.96. The van der Waals surface area contributed by atoms with Crippen molar-refractivity contribution in [2.45, 2.75) is 83.6 Å². The Hall–Kier alpha value is -2.48. The van der Waals surface area contributed by atoms with E-state index in [1.807, 2.05) is 13.0 Å². The zero-order valence-electron chi connectivity index (χ0n) is 17.0. The van der Waals surface area contributed by atoms with Crippen molar-refractivity contribution in [1.82, 2.24) is 5.32 Å². The van der Waals surface area contributed by atoms with Gasteiger partial charge in [-0.2, -0.15) is 5.26 Å². The highest BCUT2D eigenvalue weighted by Crippen LogP contribution is 2.24. The summed E-state index contributed by atoms with van der Waals surface area (Å²) in [5, 5.41) is 25.2. The van der Waals surface area contributed by atoms with Crippen molar-refractivity contribution in [3.8, 4) is 11.8 Å². The first-order valence-electron chi connectivity index (χ1n) is 10.6. The summed E-state index contributed by atoms with van der Waals surface area (Å²) in [4.78, 5) is 12.6. The lowest BCUT2D eigenvalue weighted by Gasteiger charge is -2.19. The number of anilines is 1. The second-order valence-electron chi connectivity index (χ2n) is 7.76. The van der Waals surface area contributed by atoms with E-state index in [9.17, 15) is 15.2 Å². The smallest absolute Gasteiger partial charge is 0.263 e. The van der Waals surface area contributed by atoms with Gasteiger partial charge in [0.1, 0.15) is 17.4 Å². The van der Waals surface area contributed by atoms with Crippen molar-refractivity contribution >= 4 is 11.6 Å². The molecule has 0 aromatic heterocycles. The lowest BCUT2D eigenvalue weighted by molar-refractivity contribution is -0.117. The molecule has 1 aromatic carbocycles. The maximum absolute atomic E-state index is 12.6. The van der Waals surface area contributed by atoms with Gasteiger partial charge in [0, 0.05) is 12.2 Å². The molecule has 1 aliphatic carbocycles. The van der Waals surface area contributed by atoms with Crippen LogP contribution in [0.15, 0.2) is 30.0 Å². The zero-order valence-corrected chi connectivity index (χ0v) is 17.0. The SMILES string of the molecule is Cc1ccc(O)c(N/C=C(/C#N)C(=O)NC2CCCCCCCCCCC2)c1. The molecule has 0 heterocycles. The minimum absolute atomic E-state index is 0.0204. The number of hydrogen-bond donors (Lipinski definition) is 3. The summed E-state index contributed by atoms with van der Waals surface area (Å²) >= 11 is 0. The number of rotatable bonds is 4. The Kier molecular flexibility index (Phi) is 9.41. The number of benzene rings is 1. The summed E-state index contributed by atoms with van der Waals surface area (Å²) < 4.78 is 0. The summed E-state index contributed by atoms with van der Waals surface area (Å²) in [5.41, 5.74) is 1.48. The van der Waals surface area contributed by atoms with Crippen LogP contribution in [0, 0.1) is 18.3 Å². The standard InChI is InChI=1S/C23H33N3O2/c1-18-13-14-22(27)21(15-18)25-17-19(16-24)23(28)26-20-11-9-7-5-3-2-4-6-8-10-12-20/h13-15,17,20,25,27H,2-12H2,1H3,(H,26,28)/b19-17-. The van der Waals surface area contributed by atoms with Crippen LogP contribution in [0.1, 0.15) is 76.2 Å². The number of phenols is 1. The van der Waals surface area contributed by atoms with E-state index in [4.69, 9.17) is 0 Å². The van der Waals surface area contributed by atoms with Crippen LogP contribution >= 0.6 is 0 Å². The maximum Gasteiger partial charge on any atom is 0.263 e. The molecular weight excluding hydrogens is 350 g/mol. The van der Waals surface area contributed by atoms with Gasteiger partial charge in [-0.25, -0.2) is 0 Å². The van der Waals surface area contributed by atoms with E-state index < -0.39 is 0 Å². The van der Waals surface area contributed by atoms with Crippen LogP contribution in [0.2, 0.25) is 0 Å². The molecule has 152 valence electrons. The molecule has 1 aromatic rings. The molecule has 0 unspecified atom stereocenters. The van der Waals surface area contributed by atoms with Crippen molar-refractivity contribution < 1.29 is 9.90 Å². The van der Waals surface area contributed by atoms with Crippen molar-refractivity contribution in [1.29, 1.82) is 5.26 Å². The first-order chi connectivity index (χ1) is 13.6. The number of hydrogen-bond acceptors (Lipinski definition) is 4. The van der Waals surface area contributed by atoms with Gasteiger partial charge in [0.2, 0.25) is 0 Å². The van der Waals surface area contributed by atoms with Crippen molar-refractivity contribution in [3.63, 3.8) is 0 Å². The van der Waals surface area contributed by atoms with E-state index in [-0.39, 0.29) is 23.3 Å². The molecule has 0 atom stereocenters. The molecular formula is C23H33N3O2. The Morgan fingerprint density at radius 2 is 1.64 bits per heavy atom. The van der Waals surface area contributed by atoms with Gasteiger partial charge in [0.05, 0.1) is 5.69 Å². The summed E-state index contributed by atoms with van der Waals surface area (Å²) in [6.45, 7) is 1.91. The Morgan fingerprint density at radius 1 is 1.07 bits per heavy atom. The first-order valence-corrected chi connectivity index (χ1v) is 10.6. The van der Waals surface area contributed by atoms with Crippen LogP contribution in [-0.2, 0) is 4.79 Å². The van der Waals surface area contributed by atoms with Gasteiger partial charge in [0.15, 0.2) is 0 Å². The number of aryl methyl sites for hydroxylation is 1. The van der Waals surface area contributed by atoms with Crippen LogP contribution in [0.4, 0.5) is 5.69 Å². The van der Waals surface area contributed by atoms with Gasteiger partial charge in [-0.3, -0.25) is 4.79 Å². The van der Waals surface area contributed by atoms with Crippen LogP contribution in [0.5, 0.6) is 5.75 Å². The van der Waals surface area contributed by atoms with Gasteiger partial charge < -0.3 is 15.7 Å². The van der Waals surface area contributed by atoms with E-state index in [1.165, 1.54) is 51.1 Å². The van der Waals surface area contributed by atoms with Crippen LogP contribution in [0.3, 0.4) is 0 Å². The van der Waals surface area contributed by atoms with Crippen molar-refractivity contribution in [2.75, 3.05) is 5.32 Å². The highest BCUT2D eigenvalue weighted by Gasteiger charge is 2.16. The van der Waals surface area contributed by atoms with Crippen molar-refractivity contribution in [2.24, 2.45) is 0 Å². The number of nitriles is 1. The third-order valence-corrected chi connectivity index (χ3v) is 5.33. The molecule has 3 N–H and O–H groups in total. The molecule has 0 saturated heterocycles. The summed E-state index contributed by atoms with van der Waals surface area (Å²) in [6, 6.07) is 7.24. The minimum atomic E-state index is -0.348. The minimum Gasteiger partial charge on any atom is -0.506 e. The van der Waals surface area contributed by atoms with E-state index in [0.717, 1.165) is 31.2 Å². The predicted molar refractivity (Wildman–Crippen MR) is 113 cm³/mol. The molecule has 1 saturated carbocycles. The lowest BCUT2D eigenvalue weighted by atomic mass is 9.98. The highest BCUT2D eigenvalue weighted by molar-refractivity contribution is 5.97. The van der Waals surface area contributed by atoms with Gasteiger partial charge in [-0.1, -0.05) is 63.9 Å². The molecule has 2 rings (SSSR count). The van der Waals surface area contributed by atoms with Gasteiger partial charge in [0.25, 0.3) is 5.91 Å². The Bertz CT molecular complexity index is 694. The largest absolute Gasteiger partial charge is 0.506 e. The van der Waals surface area contributed by atoms with Gasteiger partial charge in [-0.15, -0.1) is 0 Å². The van der Waals surface area contributed by atoms with Crippen molar-refractivity contribution in [3.05, 3.63) is 35.5 Å². The molecule has 28 heavy (non-hydrogen) atoms. The van der Waals surface area contributed by atoms with E-state index in [1.54, 1.807) is 18.2 Å². The molecule has 1 fully saturated rings. The second-order valence-corrected chi connectivity index (χ2v) is 7.76. The first kappa shape index (κ1) is 21.8. The number of carbonyl (C=O) groups excluding carboxylic acids is 1. The van der Waals surface area contributed by atoms with Crippen LogP contribution in [-0.4, -0.2) is 17.1 Å². The monoisotopic (exact) mass is 383 g/mol. The predicted octanol–water partition coefficient (Wildman–Crippen LogP) is 5.31. The fourth-order valence-electron chi connectivity index (χ4n) is 3.63. The van der Waals surface area contributed by atoms with E-state index in [2.05, 4.69) is 10.6 Å². The Morgan fingerprint density at radius 3 is 2.21 bits per heavy atom. The molecule has 0 bridgehead atoms. The average molecular weight is 384 g/mol. The maximum atomic E-state index is 12.6. The van der Waals surface area contributed by atoms with Crippen LogP contribution in [0.25, 0.3) is 0 Å². The third-order valence-electron chi connectivity index (χ3n) is 5.33. The number of aromatic hydroxyl groups is 1. The number of carbonyl (C=O) groups is 1. The number of nitrogens with one attached hydrogen (secondary N) is 2. The highest BCUT2D eigenvalue weighted by atomic mass is 16.3. The van der Waals surface area contributed by atoms with Gasteiger partial charge in [-0.05, 0) is 37.5 Å². The van der Waals surface area contributed by atoms with Crippen LogP contribution < -0.4 is 10.6 Å². The molecule has 5 nitrogen and oxygen atoms in total. The quantitative estimate of drug-likeness (QED) is 0.374. The number of nitrogens with zero attached hydrogens (tertiary/aromatic N) is 1. The summed E-state index contributed by atoms with van der Waals surface area (Å²) in [5.74, 6) is -0.266. The molecule has 0 spiro atoms. The summed E-state index contributed by atoms with van der Waals surface area (Å²) in [7, 11) is 0. The molecule has 0 aliphatic heterocycles. The zero-order chi connectivity index (χ0) is 20.2. The normalized spacial score (nSPS) is 17.6. The molecule has 0 radical (unpaired) electrons. The molecule has 5 heteroatoms. The topological polar surface area (TPSA) is 85.2 Å². The number of amides is 1. The fourth-order valence-corrected chi connectivity index (χ4v) is 3.63.